The molecule has 0 saturated heterocycles. The molecule has 0 radical (unpaired) electrons. The molecule has 1 aromatic rings. The van der Waals surface area contributed by atoms with Gasteiger partial charge in [-0.15, -0.1) is 0 Å². The summed E-state index contributed by atoms with van der Waals surface area (Å²) in [5.74, 6) is 0.314. The predicted octanol–water partition coefficient (Wildman–Crippen LogP) is 0.183. The van der Waals surface area contributed by atoms with Crippen molar-refractivity contribution >= 4 is 21.7 Å². The quantitative estimate of drug-likeness (QED) is 0.595. The van der Waals surface area contributed by atoms with Crippen LogP contribution in [0.15, 0.2) is 18.2 Å². The van der Waals surface area contributed by atoms with E-state index in [0.29, 0.717) is 11.5 Å². The molecule has 1 rings (SSSR count). The third-order valence-corrected chi connectivity index (χ3v) is 3.04. The van der Waals surface area contributed by atoms with Crippen molar-refractivity contribution in [3.05, 3.63) is 23.9 Å². The Morgan fingerprint density at radius 2 is 2.00 bits per heavy atom. The van der Waals surface area contributed by atoms with Crippen LogP contribution in [0.2, 0.25) is 0 Å². The number of nitrogens with zero attached hydrogens (tertiary/aromatic N) is 1. The highest BCUT2D eigenvalue weighted by atomic mass is 32.2. The molecule has 0 aliphatic rings. The average molecular weight is 300 g/mol. The smallest absolute Gasteiger partial charge is 0.270 e. The third kappa shape index (κ3) is 6.48. The van der Waals surface area contributed by atoms with Crippen molar-refractivity contribution in [3.8, 4) is 0 Å². The fourth-order valence-corrected chi connectivity index (χ4v) is 1.89. The van der Waals surface area contributed by atoms with Crippen molar-refractivity contribution in [1.82, 2.24) is 15.0 Å². The number of sulfonamides is 1. The minimum Gasteiger partial charge on any atom is -0.370 e. The first kappa shape index (κ1) is 16.4. The molecular formula is C12H20N4O3S. The van der Waals surface area contributed by atoms with Crippen LogP contribution in [-0.2, 0) is 10.0 Å². The normalized spacial score (nSPS) is 11.1. The lowest BCUT2D eigenvalue weighted by Gasteiger charge is -2.07. The first-order valence-electron chi connectivity index (χ1n) is 6.36. The number of amides is 1. The van der Waals surface area contributed by atoms with Crippen LogP contribution in [0.1, 0.15) is 23.8 Å². The second kappa shape index (κ2) is 7.81. The van der Waals surface area contributed by atoms with E-state index in [1.165, 1.54) is 0 Å². The van der Waals surface area contributed by atoms with Crippen LogP contribution < -0.4 is 15.4 Å². The summed E-state index contributed by atoms with van der Waals surface area (Å²) in [5, 5.41) is 5.69. The number of hydrogen-bond donors (Lipinski definition) is 3. The summed E-state index contributed by atoms with van der Waals surface area (Å²) < 4.78 is 24.0. The van der Waals surface area contributed by atoms with E-state index in [9.17, 15) is 13.2 Å². The Bertz CT molecular complexity index is 545. The Hall–Kier alpha value is -1.67. The Morgan fingerprint density at radius 3 is 2.65 bits per heavy atom. The van der Waals surface area contributed by atoms with Crippen LogP contribution >= 0.6 is 0 Å². The highest BCUT2D eigenvalue weighted by molar-refractivity contribution is 7.88. The molecular weight excluding hydrogens is 280 g/mol. The standard InChI is InChI=1S/C12H20N4O3S/c1-3-7-13-11-6-4-5-10(16-11)12(17)14-8-9-15-20(2,18)19/h4-6,15H,3,7-9H2,1-2H3,(H,13,16)(H,14,17). The summed E-state index contributed by atoms with van der Waals surface area (Å²) in [4.78, 5) is 16.0. The van der Waals surface area contributed by atoms with E-state index >= 15 is 0 Å². The van der Waals surface area contributed by atoms with E-state index in [-0.39, 0.29) is 19.0 Å². The lowest BCUT2D eigenvalue weighted by Crippen LogP contribution is -2.34. The maximum Gasteiger partial charge on any atom is 0.270 e. The van der Waals surface area contributed by atoms with Crippen molar-refractivity contribution in [2.45, 2.75) is 13.3 Å². The van der Waals surface area contributed by atoms with Gasteiger partial charge in [0.2, 0.25) is 10.0 Å². The van der Waals surface area contributed by atoms with E-state index in [2.05, 4.69) is 20.3 Å². The van der Waals surface area contributed by atoms with Gasteiger partial charge in [0.05, 0.1) is 6.26 Å². The van der Waals surface area contributed by atoms with Crippen LogP contribution in [0.5, 0.6) is 0 Å². The van der Waals surface area contributed by atoms with Gasteiger partial charge in [0.25, 0.3) is 5.91 Å². The fourth-order valence-electron chi connectivity index (χ4n) is 1.42. The van der Waals surface area contributed by atoms with Crippen LogP contribution in [0.4, 0.5) is 5.82 Å². The van der Waals surface area contributed by atoms with Gasteiger partial charge in [-0.25, -0.2) is 18.1 Å². The number of pyridine rings is 1. The molecule has 1 aromatic heterocycles. The molecule has 112 valence electrons. The zero-order valence-corrected chi connectivity index (χ0v) is 12.5. The molecule has 0 atom stereocenters. The topological polar surface area (TPSA) is 100 Å². The number of carbonyl (C=O) groups excluding carboxylic acids is 1. The summed E-state index contributed by atoms with van der Waals surface area (Å²) in [6.07, 6.45) is 2.04. The molecule has 0 fully saturated rings. The molecule has 0 unspecified atom stereocenters. The molecule has 0 aliphatic carbocycles. The molecule has 8 heteroatoms. The van der Waals surface area contributed by atoms with Crippen LogP contribution in [0.3, 0.4) is 0 Å². The van der Waals surface area contributed by atoms with Crippen molar-refractivity contribution in [2.75, 3.05) is 31.2 Å². The van der Waals surface area contributed by atoms with Crippen molar-refractivity contribution in [3.63, 3.8) is 0 Å². The monoisotopic (exact) mass is 300 g/mol. The largest absolute Gasteiger partial charge is 0.370 e. The fraction of sp³-hybridized carbons (Fsp3) is 0.500. The molecule has 20 heavy (non-hydrogen) atoms. The van der Waals surface area contributed by atoms with E-state index in [4.69, 9.17) is 0 Å². The highest BCUT2D eigenvalue weighted by Crippen LogP contribution is 2.04. The van der Waals surface area contributed by atoms with Crippen molar-refractivity contribution in [2.24, 2.45) is 0 Å². The van der Waals surface area contributed by atoms with Gasteiger partial charge in [-0.2, -0.15) is 0 Å². The summed E-state index contributed by atoms with van der Waals surface area (Å²) in [6.45, 7) is 3.19. The highest BCUT2D eigenvalue weighted by Gasteiger charge is 2.07. The molecule has 0 spiro atoms. The molecule has 0 saturated carbocycles. The third-order valence-electron chi connectivity index (χ3n) is 2.31. The van der Waals surface area contributed by atoms with Gasteiger partial charge < -0.3 is 10.6 Å². The van der Waals surface area contributed by atoms with E-state index < -0.39 is 10.0 Å². The number of nitrogens with one attached hydrogen (secondary N) is 3. The van der Waals surface area contributed by atoms with Crippen LogP contribution in [0.25, 0.3) is 0 Å². The number of hydrogen-bond acceptors (Lipinski definition) is 5. The molecule has 3 N–H and O–H groups in total. The minimum atomic E-state index is -3.23. The SMILES string of the molecule is CCCNc1cccc(C(=O)NCCNS(C)(=O)=O)n1. The average Bonchev–Trinajstić information content (AvgIpc) is 2.40. The number of carbonyl (C=O) groups is 1. The molecule has 7 nitrogen and oxygen atoms in total. The Kier molecular flexibility index (Phi) is 6.40. The summed E-state index contributed by atoms with van der Waals surface area (Å²) in [7, 11) is -3.23. The number of aromatic nitrogens is 1. The van der Waals surface area contributed by atoms with Gasteiger partial charge in [-0.3, -0.25) is 4.79 Å². The Labute approximate surface area is 119 Å². The summed E-state index contributed by atoms with van der Waals surface area (Å²) in [6, 6.07) is 5.14. The molecule has 1 heterocycles. The summed E-state index contributed by atoms with van der Waals surface area (Å²) in [5.41, 5.74) is 0.297. The minimum absolute atomic E-state index is 0.151. The Balaban J connectivity index is 2.46. The van der Waals surface area contributed by atoms with E-state index in [1.54, 1.807) is 18.2 Å². The second-order valence-electron chi connectivity index (χ2n) is 4.26. The maximum absolute atomic E-state index is 11.8. The van der Waals surface area contributed by atoms with Crippen molar-refractivity contribution in [1.29, 1.82) is 0 Å². The van der Waals surface area contributed by atoms with Crippen LogP contribution in [0, 0.1) is 0 Å². The van der Waals surface area contributed by atoms with E-state index in [0.717, 1.165) is 19.2 Å². The zero-order chi connectivity index (χ0) is 15.0. The number of rotatable bonds is 8. The number of anilines is 1. The molecule has 0 aliphatic heterocycles. The Morgan fingerprint density at radius 1 is 1.25 bits per heavy atom. The van der Waals surface area contributed by atoms with Gasteiger partial charge in [0.1, 0.15) is 11.5 Å². The van der Waals surface area contributed by atoms with Gasteiger partial charge in [0, 0.05) is 19.6 Å². The first-order chi connectivity index (χ1) is 9.42. The maximum atomic E-state index is 11.8. The van der Waals surface area contributed by atoms with E-state index in [1.807, 2.05) is 6.92 Å². The second-order valence-corrected chi connectivity index (χ2v) is 6.09. The van der Waals surface area contributed by atoms with Crippen LogP contribution in [-0.4, -0.2) is 45.2 Å². The molecule has 0 bridgehead atoms. The zero-order valence-electron chi connectivity index (χ0n) is 11.6. The first-order valence-corrected chi connectivity index (χ1v) is 8.25. The van der Waals surface area contributed by atoms with Gasteiger partial charge >= 0.3 is 0 Å². The lowest BCUT2D eigenvalue weighted by atomic mass is 10.3. The molecule has 1 amide bonds. The van der Waals surface area contributed by atoms with Crippen molar-refractivity contribution < 1.29 is 13.2 Å². The van der Waals surface area contributed by atoms with Gasteiger partial charge in [-0.05, 0) is 18.6 Å². The van der Waals surface area contributed by atoms with Gasteiger partial charge in [-0.1, -0.05) is 13.0 Å². The van der Waals surface area contributed by atoms with Gasteiger partial charge in [0.15, 0.2) is 0 Å². The summed E-state index contributed by atoms with van der Waals surface area (Å²) >= 11 is 0. The predicted molar refractivity (Wildman–Crippen MR) is 78.2 cm³/mol. The molecule has 0 aromatic carbocycles. The lowest BCUT2D eigenvalue weighted by molar-refractivity contribution is 0.0949.